The van der Waals surface area contributed by atoms with Crippen LogP contribution in [0, 0.1) is 0 Å². The molecule has 0 amide bonds. The molecule has 0 N–H and O–H groups in total. The van der Waals surface area contributed by atoms with Gasteiger partial charge in [0.05, 0.1) is 12.7 Å². The van der Waals surface area contributed by atoms with Crippen LogP contribution in [0.2, 0.25) is 18.1 Å². The highest BCUT2D eigenvalue weighted by atomic mass is 28.4. The monoisotopic (exact) mass is 390 g/mol. The van der Waals surface area contributed by atoms with Crippen LogP contribution in [0.5, 0.6) is 0 Å². The second-order valence-corrected chi connectivity index (χ2v) is 14.3. The lowest BCUT2D eigenvalue weighted by Gasteiger charge is -2.42. The molecule has 150 valence electrons. The lowest BCUT2D eigenvalue weighted by Crippen LogP contribution is -2.49. The van der Waals surface area contributed by atoms with Crippen molar-refractivity contribution in [2.45, 2.75) is 88.8 Å². The first kappa shape index (κ1) is 20.6. The van der Waals surface area contributed by atoms with E-state index in [2.05, 4.69) is 33.9 Å². The number of cyclic esters (lactones) is 1. The average Bonchev–Trinajstić information content (AvgIpc) is 3.38. The van der Waals surface area contributed by atoms with E-state index < -0.39 is 8.32 Å². The Hall–Kier alpha value is -1.17. The van der Waals surface area contributed by atoms with Crippen molar-refractivity contribution in [3.8, 4) is 0 Å². The van der Waals surface area contributed by atoms with Gasteiger partial charge in [-0.25, -0.2) is 0 Å². The summed E-state index contributed by atoms with van der Waals surface area (Å²) in [6, 6.07) is 10.0. The number of epoxide rings is 1. The zero-order valence-electron chi connectivity index (χ0n) is 17.4. The van der Waals surface area contributed by atoms with Gasteiger partial charge in [-0.15, -0.1) is 0 Å². The SMILES string of the molecule is CC(C)(C)[Si](C)(C)O[C@@H]1C[C@H](c2ccccc2)OC(=O)CCCCC12CO2. The molecule has 1 unspecified atom stereocenters. The summed E-state index contributed by atoms with van der Waals surface area (Å²) >= 11 is 0. The third-order valence-electron chi connectivity index (χ3n) is 6.45. The molecule has 2 fully saturated rings. The van der Waals surface area contributed by atoms with Gasteiger partial charge < -0.3 is 13.9 Å². The third-order valence-corrected chi connectivity index (χ3v) is 10.9. The van der Waals surface area contributed by atoms with Gasteiger partial charge >= 0.3 is 5.97 Å². The molecule has 3 rings (SSSR count). The summed E-state index contributed by atoms with van der Waals surface area (Å²) in [5, 5.41) is 0.122. The van der Waals surface area contributed by atoms with Crippen molar-refractivity contribution in [3.63, 3.8) is 0 Å². The predicted octanol–water partition coefficient (Wildman–Crippen LogP) is 5.39. The summed E-state index contributed by atoms with van der Waals surface area (Å²) in [5.74, 6) is -0.109. The summed E-state index contributed by atoms with van der Waals surface area (Å²) in [6.45, 7) is 12.1. The topological polar surface area (TPSA) is 48.1 Å². The molecule has 27 heavy (non-hydrogen) atoms. The predicted molar refractivity (Wildman–Crippen MR) is 109 cm³/mol. The summed E-state index contributed by atoms with van der Waals surface area (Å²) in [4.78, 5) is 12.3. The molecule has 0 bridgehead atoms. The number of esters is 1. The number of carbonyl (C=O) groups is 1. The molecule has 4 nitrogen and oxygen atoms in total. The van der Waals surface area contributed by atoms with E-state index in [1.165, 1.54) is 0 Å². The van der Waals surface area contributed by atoms with Crippen LogP contribution in [-0.4, -0.2) is 32.6 Å². The Bertz CT molecular complexity index is 646. The maximum absolute atomic E-state index is 12.3. The quantitative estimate of drug-likeness (QED) is 0.394. The maximum Gasteiger partial charge on any atom is 0.306 e. The van der Waals surface area contributed by atoms with Gasteiger partial charge in [0.15, 0.2) is 8.32 Å². The van der Waals surface area contributed by atoms with Crippen LogP contribution < -0.4 is 0 Å². The van der Waals surface area contributed by atoms with Gasteiger partial charge in [-0.3, -0.25) is 4.79 Å². The minimum absolute atomic E-state index is 0.0468. The molecule has 0 aromatic heterocycles. The van der Waals surface area contributed by atoms with Crippen LogP contribution in [0.3, 0.4) is 0 Å². The zero-order chi connectivity index (χ0) is 19.7. The molecule has 1 aromatic carbocycles. The van der Waals surface area contributed by atoms with Gasteiger partial charge in [-0.1, -0.05) is 51.1 Å². The van der Waals surface area contributed by atoms with Crippen molar-refractivity contribution in [1.82, 2.24) is 0 Å². The number of hydrogen-bond donors (Lipinski definition) is 0. The Kier molecular flexibility index (Phi) is 5.85. The van der Waals surface area contributed by atoms with Crippen LogP contribution in [0.4, 0.5) is 0 Å². The van der Waals surface area contributed by atoms with E-state index in [9.17, 15) is 4.79 Å². The van der Waals surface area contributed by atoms with Crippen molar-refractivity contribution in [3.05, 3.63) is 35.9 Å². The molecule has 2 heterocycles. The molecule has 3 atom stereocenters. The summed E-state index contributed by atoms with van der Waals surface area (Å²) in [6.07, 6.45) is 3.58. The van der Waals surface area contributed by atoms with E-state index in [1.54, 1.807) is 0 Å². The van der Waals surface area contributed by atoms with Crippen molar-refractivity contribution < 1.29 is 18.7 Å². The number of benzene rings is 1. The third kappa shape index (κ3) is 4.82. The number of carbonyl (C=O) groups excluding carboxylic acids is 1. The molecule has 2 aliphatic rings. The summed E-state index contributed by atoms with van der Waals surface area (Å²) in [5.41, 5.74) is 0.831. The van der Waals surface area contributed by atoms with E-state index in [0.29, 0.717) is 12.8 Å². The van der Waals surface area contributed by atoms with E-state index in [-0.39, 0.29) is 28.8 Å². The first-order valence-corrected chi connectivity index (χ1v) is 13.1. The van der Waals surface area contributed by atoms with E-state index in [0.717, 1.165) is 31.4 Å². The van der Waals surface area contributed by atoms with E-state index in [1.807, 2.05) is 30.3 Å². The largest absolute Gasteiger partial charge is 0.457 e. The highest BCUT2D eigenvalue weighted by Crippen LogP contribution is 2.47. The Morgan fingerprint density at radius 3 is 2.41 bits per heavy atom. The van der Waals surface area contributed by atoms with Crippen LogP contribution in [-0.2, 0) is 18.7 Å². The van der Waals surface area contributed by atoms with Gasteiger partial charge in [-0.2, -0.15) is 0 Å². The Morgan fingerprint density at radius 2 is 1.81 bits per heavy atom. The van der Waals surface area contributed by atoms with Crippen molar-refractivity contribution in [2.24, 2.45) is 0 Å². The summed E-state index contributed by atoms with van der Waals surface area (Å²) in [7, 11) is -1.98. The van der Waals surface area contributed by atoms with Crippen molar-refractivity contribution >= 4 is 14.3 Å². The minimum atomic E-state index is -1.98. The van der Waals surface area contributed by atoms with Crippen molar-refractivity contribution in [2.75, 3.05) is 6.61 Å². The van der Waals surface area contributed by atoms with Crippen LogP contribution in [0.1, 0.15) is 64.5 Å². The molecular weight excluding hydrogens is 356 g/mol. The van der Waals surface area contributed by atoms with Gasteiger partial charge in [0.25, 0.3) is 0 Å². The molecule has 5 heteroatoms. The molecule has 1 spiro atoms. The Morgan fingerprint density at radius 1 is 1.15 bits per heavy atom. The minimum Gasteiger partial charge on any atom is -0.457 e. The lowest BCUT2D eigenvalue weighted by atomic mass is 9.90. The second kappa shape index (κ2) is 7.68. The smallest absolute Gasteiger partial charge is 0.306 e. The first-order valence-electron chi connectivity index (χ1n) is 10.2. The fourth-order valence-electron chi connectivity index (χ4n) is 3.51. The van der Waals surface area contributed by atoms with Crippen LogP contribution >= 0.6 is 0 Å². The van der Waals surface area contributed by atoms with Gasteiger partial charge in [0.2, 0.25) is 0 Å². The second-order valence-electron chi connectivity index (χ2n) is 9.55. The fraction of sp³-hybridized carbons (Fsp3) is 0.682. The normalized spacial score (nSPS) is 30.0. The van der Waals surface area contributed by atoms with Gasteiger partial charge in [-0.05, 0) is 43.0 Å². The molecule has 2 saturated heterocycles. The Labute approximate surface area is 164 Å². The van der Waals surface area contributed by atoms with E-state index >= 15 is 0 Å². The maximum atomic E-state index is 12.3. The Balaban J connectivity index is 1.90. The molecular formula is C22H34O4Si. The standard InChI is InChI=1S/C22H34O4Si/c1-21(2,3)27(4,5)26-19-15-18(17-11-7-6-8-12-17)25-20(23)13-9-10-14-22(19)16-24-22/h6-8,11-12,18-19H,9-10,13-16H2,1-5H3/t18-,19-,22?/m1/s1. The van der Waals surface area contributed by atoms with E-state index in [4.69, 9.17) is 13.9 Å². The summed E-state index contributed by atoms with van der Waals surface area (Å²) < 4.78 is 18.8. The highest BCUT2D eigenvalue weighted by Gasteiger charge is 2.55. The van der Waals surface area contributed by atoms with Crippen LogP contribution in [0.15, 0.2) is 30.3 Å². The first-order chi connectivity index (χ1) is 12.6. The van der Waals surface area contributed by atoms with Crippen molar-refractivity contribution in [1.29, 1.82) is 0 Å². The molecule has 0 saturated carbocycles. The van der Waals surface area contributed by atoms with Crippen LogP contribution in [0.25, 0.3) is 0 Å². The lowest BCUT2D eigenvalue weighted by molar-refractivity contribution is -0.152. The number of hydrogen-bond acceptors (Lipinski definition) is 4. The molecule has 0 aliphatic carbocycles. The molecule has 0 radical (unpaired) electrons. The van der Waals surface area contributed by atoms with Gasteiger partial charge in [0, 0.05) is 12.8 Å². The number of rotatable bonds is 3. The number of ether oxygens (including phenoxy) is 2. The fourth-order valence-corrected chi connectivity index (χ4v) is 4.89. The zero-order valence-corrected chi connectivity index (χ0v) is 18.4. The van der Waals surface area contributed by atoms with Gasteiger partial charge in [0.1, 0.15) is 11.7 Å². The molecule has 2 aliphatic heterocycles. The average molecular weight is 391 g/mol. The highest BCUT2D eigenvalue weighted by molar-refractivity contribution is 6.74. The molecule has 1 aromatic rings.